The SMILES string of the molecule is COc1cc(B2OC(C)(C)C(C)(C)O2)c2c(c1)C(C)=C(C)C2. The normalized spacial score (nSPS) is 22.2. The van der Waals surface area contributed by atoms with Crippen LogP contribution in [0.25, 0.3) is 5.57 Å². The van der Waals surface area contributed by atoms with E-state index in [4.69, 9.17) is 14.0 Å². The fraction of sp³-hybridized carbons (Fsp3) is 0.556. The smallest absolute Gasteiger partial charge is 0.495 e. The molecule has 1 fully saturated rings. The zero-order valence-electron chi connectivity index (χ0n) is 14.7. The largest absolute Gasteiger partial charge is 0.497 e. The maximum atomic E-state index is 6.25. The molecule has 0 amide bonds. The first-order chi connectivity index (χ1) is 10.2. The molecule has 4 heteroatoms. The van der Waals surface area contributed by atoms with Crippen LogP contribution in [-0.4, -0.2) is 25.4 Å². The van der Waals surface area contributed by atoms with Gasteiger partial charge < -0.3 is 14.0 Å². The van der Waals surface area contributed by atoms with E-state index in [1.54, 1.807) is 7.11 Å². The first-order valence-corrected chi connectivity index (χ1v) is 7.89. The van der Waals surface area contributed by atoms with Gasteiger partial charge in [-0.1, -0.05) is 5.57 Å². The highest BCUT2D eigenvalue weighted by Gasteiger charge is 2.52. The maximum Gasteiger partial charge on any atom is 0.495 e. The molecular formula is C18H25BO3. The van der Waals surface area contributed by atoms with Gasteiger partial charge in [-0.05, 0) is 82.3 Å². The molecule has 3 rings (SSSR count). The van der Waals surface area contributed by atoms with Crippen LogP contribution in [0.3, 0.4) is 0 Å². The molecule has 22 heavy (non-hydrogen) atoms. The van der Waals surface area contributed by atoms with Crippen LogP contribution in [-0.2, 0) is 15.7 Å². The minimum absolute atomic E-state index is 0.330. The maximum absolute atomic E-state index is 6.25. The van der Waals surface area contributed by atoms with E-state index in [1.165, 1.54) is 22.3 Å². The number of fused-ring (bicyclic) bond motifs is 1. The minimum Gasteiger partial charge on any atom is -0.497 e. The molecule has 118 valence electrons. The molecule has 0 unspecified atom stereocenters. The van der Waals surface area contributed by atoms with Crippen molar-refractivity contribution in [3.8, 4) is 5.75 Å². The Balaban J connectivity index is 2.08. The quantitative estimate of drug-likeness (QED) is 0.784. The molecule has 0 radical (unpaired) electrons. The van der Waals surface area contributed by atoms with Crippen molar-refractivity contribution in [3.05, 3.63) is 28.8 Å². The van der Waals surface area contributed by atoms with E-state index in [0.717, 1.165) is 17.6 Å². The summed E-state index contributed by atoms with van der Waals surface area (Å²) in [5.41, 5.74) is 5.76. The highest BCUT2D eigenvalue weighted by molar-refractivity contribution is 6.63. The molecule has 1 aliphatic carbocycles. The molecule has 3 nitrogen and oxygen atoms in total. The Kier molecular flexibility index (Phi) is 3.46. The van der Waals surface area contributed by atoms with Crippen LogP contribution in [0, 0.1) is 0 Å². The lowest BCUT2D eigenvalue weighted by molar-refractivity contribution is 0.00578. The fourth-order valence-electron chi connectivity index (χ4n) is 3.12. The number of allylic oxidation sites excluding steroid dienone is 2. The van der Waals surface area contributed by atoms with E-state index in [1.807, 2.05) is 0 Å². The number of rotatable bonds is 2. The lowest BCUT2D eigenvalue weighted by Crippen LogP contribution is -2.41. The predicted octanol–water partition coefficient (Wildman–Crippen LogP) is 3.34. The van der Waals surface area contributed by atoms with Gasteiger partial charge >= 0.3 is 7.12 Å². The summed E-state index contributed by atoms with van der Waals surface area (Å²) in [7, 11) is 1.36. The van der Waals surface area contributed by atoms with Gasteiger partial charge in [-0.15, -0.1) is 0 Å². The van der Waals surface area contributed by atoms with Crippen LogP contribution in [0.2, 0.25) is 0 Å². The van der Waals surface area contributed by atoms with Crippen LogP contribution >= 0.6 is 0 Å². The summed E-state index contributed by atoms with van der Waals surface area (Å²) in [6.45, 7) is 12.7. The van der Waals surface area contributed by atoms with E-state index in [-0.39, 0.29) is 18.3 Å². The van der Waals surface area contributed by atoms with Gasteiger partial charge in [0.2, 0.25) is 0 Å². The monoisotopic (exact) mass is 300 g/mol. The highest BCUT2D eigenvalue weighted by Crippen LogP contribution is 2.39. The van der Waals surface area contributed by atoms with Crippen LogP contribution in [0.5, 0.6) is 5.75 Å². The molecule has 1 heterocycles. The lowest BCUT2D eigenvalue weighted by atomic mass is 9.74. The van der Waals surface area contributed by atoms with Gasteiger partial charge in [0.05, 0.1) is 18.3 Å². The third kappa shape index (κ3) is 2.20. The van der Waals surface area contributed by atoms with E-state index < -0.39 is 0 Å². The predicted molar refractivity (Wildman–Crippen MR) is 90.7 cm³/mol. The van der Waals surface area contributed by atoms with E-state index >= 15 is 0 Å². The van der Waals surface area contributed by atoms with Gasteiger partial charge in [0.25, 0.3) is 0 Å². The molecule has 0 aromatic heterocycles. The minimum atomic E-state index is -0.340. The van der Waals surface area contributed by atoms with Crippen LogP contribution in [0.15, 0.2) is 17.7 Å². The van der Waals surface area contributed by atoms with Gasteiger partial charge in [-0.3, -0.25) is 0 Å². The Morgan fingerprint density at radius 1 is 1.05 bits per heavy atom. The van der Waals surface area contributed by atoms with Crippen molar-refractivity contribution in [2.45, 2.75) is 59.2 Å². The third-order valence-electron chi connectivity index (χ3n) is 5.49. The Bertz CT molecular complexity index is 643. The van der Waals surface area contributed by atoms with Crippen molar-refractivity contribution in [1.29, 1.82) is 0 Å². The number of hydrogen-bond acceptors (Lipinski definition) is 3. The van der Waals surface area contributed by atoms with Crippen molar-refractivity contribution in [2.24, 2.45) is 0 Å². The molecule has 0 bridgehead atoms. The van der Waals surface area contributed by atoms with Crippen molar-refractivity contribution in [2.75, 3.05) is 7.11 Å². The van der Waals surface area contributed by atoms with Crippen LogP contribution in [0.4, 0.5) is 0 Å². The second-order valence-electron chi connectivity index (χ2n) is 7.41. The zero-order chi connectivity index (χ0) is 16.3. The topological polar surface area (TPSA) is 27.7 Å². The Morgan fingerprint density at radius 2 is 1.64 bits per heavy atom. The van der Waals surface area contributed by atoms with Gasteiger partial charge in [0, 0.05) is 0 Å². The molecule has 0 atom stereocenters. The highest BCUT2D eigenvalue weighted by atomic mass is 16.7. The summed E-state index contributed by atoms with van der Waals surface area (Å²) in [6.07, 6.45) is 0.963. The molecule has 2 aliphatic rings. The van der Waals surface area contributed by atoms with Crippen LogP contribution in [0.1, 0.15) is 52.7 Å². The fourth-order valence-corrected chi connectivity index (χ4v) is 3.12. The number of benzene rings is 1. The van der Waals surface area contributed by atoms with Crippen molar-refractivity contribution >= 4 is 18.2 Å². The average Bonchev–Trinajstić information content (AvgIpc) is 2.83. The molecule has 0 spiro atoms. The molecule has 1 aliphatic heterocycles. The summed E-state index contributed by atoms with van der Waals surface area (Å²) in [6, 6.07) is 4.18. The Hall–Kier alpha value is -1.26. The Labute approximate surface area is 133 Å². The second-order valence-corrected chi connectivity index (χ2v) is 7.41. The average molecular weight is 300 g/mol. The molecule has 0 N–H and O–H groups in total. The summed E-state index contributed by atoms with van der Waals surface area (Å²) in [5, 5.41) is 0. The summed E-state index contributed by atoms with van der Waals surface area (Å²) in [5.74, 6) is 0.859. The van der Waals surface area contributed by atoms with Gasteiger partial charge in [-0.25, -0.2) is 0 Å². The zero-order valence-corrected chi connectivity index (χ0v) is 14.7. The van der Waals surface area contributed by atoms with Gasteiger partial charge in [0.15, 0.2) is 0 Å². The van der Waals surface area contributed by atoms with Crippen molar-refractivity contribution in [3.63, 3.8) is 0 Å². The number of hydrogen-bond donors (Lipinski definition) is 0. The summed E-state index contributed by atoms with van der Waals surface area (Å²) >= 11 is 0. The molecular weight excluding hydrogens is 275 g/mol. The Morgan fingerprint density at radius 3 is 2.18 bits per heavy atom. The number of methoxy groups -OCH3 is 1. The lowest BCUT2D eigenvalue weighted by Gasteiger charge is -2.32. The molecule has 0 saturated carbocycles. The van der Waals surface area contributed by atoms with Gasteiger partial charge in [0.1, 0.15) is 5.75 Å². The standard InChI is InChI=1S/C18H25BO3/c1-11-8-15-14(12(11)2)9-13(20-7)10-16(15)19-21-17(3,4)18(5,6)22-19/h9-10H,8H2,1-7H3. The third-order valence-corrected chi connectivity index (χ3v) is 5.49. The molecule has 1 aromatic carbocycles. The number of ether oxygens (including phenoxy) is 1. The van der Waals surface area contributed by atoms with Crippen molar-refractivity contribution in [1.82, 2.24) is 0 Å². The summed E-state index contributed by atoms with van der Waals surface area (Å²) < 4.78 is 18.0. The van der Waals surface area contributed by atoms with Gasteiger partial charge in [-0.2, -0.15) is 0 Å². The van der Waals surface area contributed by atoms with E-state index in [9.17, 15) is 0 Å². The van der Waals surface area contributed by atoms with E-state index in [2.05, 4.69) is 53.7 Å². The first-order valence-electron chi connectivity index (χ1n) is 7.89. The summed E-state index contributed by atoms with van der Waals surface area (Å²) in [4.78, 5) is 0. The van der Waals surface area contributed by atoms with Crippen molar-refractivity contribution < 1.29 is 14.0 Å². The van der Waals surface area contributed by atoms with E-state index in [0.29, 0.717) is 0 Å². The molecule has 1 aromatic rings. The van der Waals surface area contributed by atoms with Crippen LogP contribution < -0.4 is 10.2 Å². The second kappa shape index (κ2) is 4.87. The molecule has 1 saturated heterocycles. The first kappa shape index (κ1) is 15.6.